The van der Waals surface area contributed by atoms with E-state index in [1.54, 1.807) is 11.9 Å². The van der Waals surface area contributed by atoms with Crippen LogP contribution in [0.4, 0.5) is 13.2 Å². The lowest BCUT2D eigenvalue weighted by Gasteiger charge is -2.26. The van der Waals surface area contributed by atoms with E-state index < -0.39 is 12.1 Å². The highest BCUT2D eigenvalue weighted by Crippen LogP contribution is 2.29. The molecule has 1 rings (SSSR count). The van der Waals surface area contributed by atoms with Crippen molar-refractivity contribution < 1.29 is 13.2 Å². The van der Waals surface area contributed by atoms with Gasteiger partial charge in [0, 0.05) is 17.5 Å². The van der Waals surface area contributed by atoms with Gasteiger partial charge < -0.3 is 0 Å². The molecular formula is C11H13F3N2S. The second-order valence-corrected chi connectivity index (χ2v) is 4.83. The van der Waals surface area contributed by atoms with Crippen LogP contribution in [0.15, 0.2) is 17.5 Å². The van der Waals surface area contributed by atoms with Crippen LogP contribution in [0.3, 0.4) is 0 Å². The first-order valence-electron chi connectivity index (χ1n) is 5.06. The van der Waals surface area contributed by atoms with E-state index in [1.807, 2.05) is 24.4 Å². The SMILES string of the molecule is CC(c1cccs1)N(C)CC(C#N)C(F)(F)F. The van der Waals surface area contributed by atoms with Gasteiger partial charge in [-0.2, -0.15) is 18.4 Å². The Hall–Kier alpha value is -1.06. The summed E-state index contributed by atoms with van der Waals surface area (Å²) in [6.45, 7) is 1.52. The summed E-state index contributed by atoms with van der Waals surface area (Å²) in [4.78, 5) is 2.54. The number of nitriles is 1. The van der Waals surface area contributed by atoms with Crippen LogP contribution >= 0.6 is 11.3 Å². The summed E-state index contributed by atoms with van der Waals surface area (Å²) in [5, 5.41) is 10.4. The highest BCUT2D eigenvalue weighted by atomic mass is 32.1. The van der Waals surface area contributed by atoms with Crippen molar-refractivity contribution in [3.63, 3.8) is 0 Å². The Labute approximate surface area is 102 Å². The first kappa shape index (κ1) is 14.0. The maximum atomic E-state index is 12.4. The minimum Gasteiger partial charge on any atom is -0.297 e. The van der Waals surface area contributed by atoms with Crippen LogP contribution in [-0.4, -0.2) is 24.7 Å². The first-order valence-corrected chi connectivity index (χ1v) is 5.94. The second-order valence-electron chi connectivity index (χ2n) is 3.85. The molecule has 0 aliphatic rings. The third-order valence-corrected chi connectivity index (χ3v) is 3.68. The van der Waals surface area contributed by atoms with Crippen LogP contribution in [0.25, 0.3) is 0 Å². The molecule has 0 aromatic carbocycles. The van der Waals surface area contributed by atoms with Crippen molar-refractivity contribution in [1.29, 1.82) is 5.26 Å². The average Bonchev–Trinajstić information content (AvgIpc) is 2.75. The molecule has 0 fully saturated rings. The summed E-state index contributed by atoms with van der Waals surface area (Å²) in [6.07, 6.45) is -4.46. The molecule has 17 heavy (non-hydrogen) atoms. The minimum atomic E-state index is -4.46. The number of rotatable bonds is 4. The van der Waals surface area contributed by atoms with Gasteiger partial charge in [0.25, 0.3) is 0 Å². The van der Waals surface area contributed by atoms with Gasteiger partial charge in [0.15, 0.2) is 5.92 Å². The number of nitrogens with zero attached hydrogens (tertiary/aromatic N) is 2. The largest absolute Gasteiger partial charge is 0.405 e. The highest BCUT2D eigenvalue weighted by molar-refractivity contribution is 7.10. The summed E-state index contributed by atoms with van der Waals surface area (Å²) >= 11 is 1.50. The van der Waals surface area contributed by atoms with Gasteiger partial charge in [-0.25, -0.2) is 0 Å². The van der Waals surface area contributed by atoms with Gasteiger partial charge in [0.05, 0.1) is 6.07 Å². The molecule has 0 aliphatic heterocycles. The summed E-state index contributed by atoms with van der Waals surface area (Å²) in [5.41, 5.74) is 0. The normalized spacial score (nSPS) is 15.6. The molecule has 1 aromatic rings. The fraction of sp³-hybridized carbons (Fsp3) is 0.545. The van der Waals surface area contributed by atoms with Gasteiger partial charge in [0.2, 0.25) is 0 Å². The molecule has 6 heteroatoms. The molecule has 0 N–H and O–H groups in total. The highest BCUT2D eigenvalue weighted by Gasteiger charge is 2.40. The van der Waals surface area contributed by atoms with Gasteiger partial charge in [-0.1, -0.05) is 6.07 Å². The predicted octanol–water partition coefficient (Wildman–Crippen LogP) is 3.44. The van der Waals surface area contributed by atoms with Crippen molar-refractivity contribution >= 4 is 11.3 Å². The molecule has 0 saturated heterocycles. The molecule has 1 heterocycles. The molecule has 0 amide bonds. The summed E-state index contributed by atoms with van der Waals surface area (Å²) in [6, 6.07) is 4.93. The zero-order chi connectivity index (χ0) is 13.1. The molecule has 0 spiro atoms. The zero-order valence-corrected chi connectivity index (χ0v) is 10.3. The summed E-state index contributed by atoms with van der Waals surface area (Å²) < 4.78 is 37.3. The smallest absolute Gasteiger partial charge is 0.297 e. The number of alkyl halides is 3. The van der Waals surface area contributed by atoms with E-state index in [9.17, 15) is 13.2 Å². The van der Waals surface area contributed by atoms with Crippen LogP contribution in [-0.2, 0) is 0 Å². The monoisotopic (exact) mass is 262 g/mol. The van der Waals surface area contributed by atoms with E-state index in [0.717, 1.165) is 4.88 Å². The van der Waals surface area contributed by atoms with Crippen molar-refractivity contribution in [2.24, 2.45) is 5.92 Å². The van der Waals surface area contributed by atoms with Crippen LogP contribution in [0, 0.1) is 17.2 Å². The quantitative estimate of drug-likeness (QED) is 0.831. The average molecular weight is 262 g/mol. The Balaban J connectivity index is 2.66. The molecule has 0 saturated carbocycles. The van der Waals surface area contributed by atoms with Crippen molar-refractivity contribution in [1.82, 2.24) is 4.90 Å². The van der Waals surface area contributed by atoms with Gasteiger partial charge in [0.1, 0.15) is 0 Å². The molecule has 0 radical (unpaired) electrons. The van der Waals surface area contributed by atoms with Crippen LogP contribution in [0.1, 0.15) is 17.8 Å². The Morgan fingerprint density at radius 1 is 1.53 bits per heavy atom. The van der Waals surface area contributed by atoms with Crippen molar-refractivity contribution in [3.05, 3.63) is 22.4 Å². The third kappa shape index (κ3) is 3.72. The van der Waals surface area contributed by atoms with Gasteiger partial charge >= 0.3 is 6.18 Å². The first-order chi connectivity index (χ1) is 7.86. The molecule has 2 atom stereocenters. The number of thiophene rings is 1. The fourth-order valence-corrected chi connectivity index (χ4v) is 2.26. The molecule has 94 valence electrons. The zero-order valence-electron chi connectivity index (χ0n) is 9.53. The maximum absolute atomic E-state index is 12.4. The molecule has 0 bridgehead atoms. The fourth-order valence-electron chi connectivity index (χ4n) is 1.41. The summed E-state index contributed by atoms with van der Waals surface area (Å²) in [7, 11) is 1.60. The maximum Gasteiger partial charge on any atom is 0.405 e. The van der Waals surface area contributed by atoms with Crippen LogP contribution in [0.2, 0.25) is 0 Å². The van der Waals surface area contributed by atoms with Gasteiger partial charge in [-0.3, -0.25) is 4.90 Å². The Bertz CT molecular complexity index is 380. The molecule has 2 unspecified atom stereocenters. The lowest BCUT2D eigenvalue weighted by Crippen LogP contribution is -2.35. The third-order valence-electron chi connectivity index (χ3n) is 2.64. The molecular weight excluding hydrogens is 249 g/mol. The lowest BCUT2D eigenvalue weighted by molar-refractivity contribution is -0.163. The van der Waals surface area contributed by atoms with Crippen molar-refractivity contribution in [2.45, 2.75) is 19.1 Å². The predicted molar refractivity (Wildman–Crippen MR) is 60.5 cm³/mol. The van der Waals surface area contributed by atoms with Crippen molar-refractivity contribution in [3.8, 4) is 6.07 Å². The summed E-state index contributed by atoms with van der Waals surface area (Å²) in [5.74, 6) is -1.94. The van der Waals surface area contributed by atoms with E-state index in [-0.39, 0.29) is 12.6 Å². The minimum absolute atomic E-state index is 0.117. The van der Waals surface area contributed by atoms with E-state index in [4.69, 9.17) is 5.26 Å². The number of hydrogen-bond donors (Lipinski definition) is 0. The van der Waals surface area contributed by atoms with Gasteiger partial charge in [-0.05, 0) is 25.4 Å². The van der Waals surface area contributed by atoms with E-state index in [1.165, 1.54) is 17.4 Å². The Morgan fingerprint density at radius 2 is 2.18 bits per heavy atom. The standard InChI is InChI=1S/C11H13F3N2S/c1-8(10-4-3-5-17-10)16(2)7-9(6-15)11(12,13)14/h3-5,8-9H,7H2,1-2H3. The number of hydrogen-bond acceptors (Lipinski definition) is 3. The number of halogens is 3. The lowest BCUT2D eigenvalue weighted by atomic mass is 10.1. The topological polar surface area (TPSA) is 27.0 Å². The Kier molecular flexibility index (Phi) is 4.54. The van der Waals surface area contributed by atoms with E-state index in [0.29, 0.717) is 0 Å². The van der Waals surface area contributed by atoms with Crippen LogP contribution < -0.4 is 0 Å². The van der Waals surface area contributed by atoms with Crippen LogP contribution in [0.5, 0.6) is 0 Å². The van der Waals surface area contributed by atoms with Gasteiger partial charge in [-0.15, -0.1) is 11.3 Å². The van der Waals surface area contributed by atoms with E-state index >= 15 is 0 Å². The molecule has 1 aromatic heterocycles. The molecule has 2 nitrogen and oxygen atoms in total. The Morgan fingerprint density at radius 3 is 2.59 bits per heavy atom. The van der Waals surface area contributed by atoms with E-state index in [2.05, 4.69) is 0 Å². The van der Waals surface area contributed by atoms with Crippen molar-refractivity contribution in [2.75, 3.05) is 13.6 Å². The molecule has 0 aliphatic carbocycles. The second kappa shape index (κ2) is 5.52.